The molecule has 0 aromatic carbocycles. The normalized spacial score (nSPS) is 10.4. The van der Waals surface area contributed by atoms with Crippen molar-refractivity contribution in [2.24, 2.45) is 0 Å². The summed E-state index contributed by atoms with van der Waals surface area (Å²) in [5, 5.41) is 0. The van der Waals surface area contributed by atoms with Crippen LogP contribution in [0.4, 0.5) is 0 Å². The molecule has 6 aromatic rings. The van der Waals surface area contributed by atoms with E-state index in [1.165, 1.54) is 0 Å². The van der Waals surface area contributed by atoms with Crippen molar-refractivity contribution in [3.63, 3.8) is 0 Å². The number of hydrogen-bond donors (Lipinski definition) is 0. The fourth-order valence-corrected chi connectivity index (χ4v) is 4.75. The van der Waals surface area contributed by atoms with Gasteiger partial charge in [-0.3, -0.25) is 19.9 Å². The molecule has 1 radical (unpaired) electrons. The standard InChI is InChI=1S/2C16H13N3S.ClHO4.Cu/c2*1-20-12-10-15(13-6-2-4-8-17-13)19-16(11-12)14-7-3-5-9-18-14;2-1(3,4)5;/h2*2-11H,1H3;(H,2,3,4,5);/q;;;+2/p-1. The number of thioether (sulfide) groups is 2. The number of rotatable bonds is 6. The molecule has 0 N–H and O–H groups in total. The van der Waals surface area contributed by atoms with Crippen molar-refractivity contribution in [1.82, 2.24) is 29.9 Å². The molecule has 0 saturated carbocycles. The summed E-state index contributed by atoms with van der Waals surface area (Å²) in [5.74, 6) is 0. The Labute approximate surface area is 287 Å². The van der Waals surface area contributed by atoms with Gasteiger partial charge in [-0.25, -0.2) is 28.6 Å². The maximum atomic E-state index is 8.49. The summed E-state index contributed by atoms with van der Waals surface area (Å²) in [6.45, 7) is 0. The first-order valence-corrected chi connectivity index (χ1v) is 16.8. The summed E-state index contributed by atoms with van der Waals surface area (Å²) in [4.78, 5) is 29.1. The summed E-state index contributed by atoms with van der Waals surface area (Å²) >= 11 is 3.38. The summed E-state index contributed by atoms with van der Waals surface area (Å²) in [7, 11) is -4.94. The van der Waals surface area contributed by atoms with Crippen LogP contribution in [0, 0.1) is 10.2 Å². The van der Waals surface area contributed by atoms with Crippen LogP contribution in [0.1, 0.15) is 0 Å². The minimum Gasteiger partial charge on any atom is -0.255 e. The van der Waals surface area contributed by atoms with E-state index in [4.69, 9.17) is 18.6 Å². The van der Waals surface area contributed by atoms with Crippen LogP contribution in [-0.4, -0.2) is 42.4 Å². The zero-order valence-electron chi connectivity index (χ0n) is 24.4. The molecule has 0 bridgehead atoms. The number of aromatic nitrogens is 6. The number of pyridine rings is 6. The molecule has 6 heterocycles. The molecule has 0 saturated heterocycles. The van der Waals surface area contributed by atoms with Crippen molar-refractivity contribution < 1.29 is 45.9 Å². The molecule has 237 valence electrons. The van der Waals surface area contributed by atoms with Gasteiger partial charge in [0.2, 0.25) is 0 Å². The van der Waals surface area contributed by atoms with E-state index in [2.05, 4.69) is 66.7 Å². The van der Waals surface area contributed by atoms with Crippen LogP contribution in [0.25, 0.3) is 45.6 Å². The quantitative estimate of drug-likeness (QED) is 0.182. The maximum absolute atomic E-state index is 8.49. The van der Waals surface area contributed by atoms with Gasteiger partial charge in [0.1, 0.15) is 0 Å². The molecule has 0 unspecified atom stereocenters. The predicted molar refractivity (Wildman–Crippen MR) is 165 cm³/mol. The van der Waals surface area contributed by atoms with E-state index in [9.17, 15) is 0 Å². The second-order valence-corrected chi connectivity index (χ2v) is 11.3. The molecule has 10 nitrogen and oxygen atoms in total. The molecule has 0 aliphatic heterocycles. The molecule has 0 atom stereocenters. The molecule has 14 heteroatoms. The molecule has 6 rings (SSSR count). The van der Waals surface area contributed by atoms with Gasteiger partial charge in [-0.15, -0.1) is 33.8 Å². The smallest absolute Gasteiger partial charge is 0.255 e. The average molecular weight is 722 g/mol. The molecule has 46 heavy (non-hydrogen) atoms. The van der Waals surface area contributed by atoms with Gasteiger partial charge < -0.3 is 0 Å². The molecular formula is C32H26ClCuN6O4S2+. The van der Waals surface area contributed by atoms with Crippen LogP contribution < -0.4 is 18.6 Å². The van der Waals surface area contributed by atoms with E-state index < -0.39 is 10.2 Å². The van der Waals surface area contributed by atoms with Crippen LogP contribution >= 0.6 is 23.5 Å². The zero-order chi connectivity index (χ0) is 32.1. The van der Waals surface area contributed by atoms with Crippen LogP contribution in [0.3, 0.4) is 0 Å². The van der Waals surface area contributed by atoms with E-state index in [1.807, 2.05) is 72.8 Å². The third-order valence-corrected chi connectivity index (χ3v) is 7.19. The monoisotopic (exact) mass is 720 g/mol. The van der Waals surface area contributed by atoms with Gasteiger partial charge in [-0.2, -0.15) is 0 Å². The van der Waals surface area contributed by atoms with Crippen molar-refractivity contribution in [2.75, 3.05) is 12.5 Å². The van der Waals surface area contributed by atoms with Crippen LogP contribution in [-0.2, 0) is 17.1 Å². The average Bonchev–Trinajstić information content (AvgIpc) is 3.09. The Kier molecular flexibility index (Phi) is 14.7. The van der Waals surface area contributed by atoms with Crippen molar-refractivity contribution in [3.05, 3.63) is 122 Å². The Bertz CT molecular complexity index is 1530. The Morgan fingerprint density at radius 3 is 0.848 bits per heavy atom. The zero-order valence-corrected chi connectivity index (χ0v) is 27.7. The molecule has 6 aromatic heterocycles. The SMILES string of the molecule is CSc1cc(-c2ccccn2)nc(-c2ccccn2)c1.CSc1cc(-c2ccccn2)nc(-c2ccccn2)c1.[Cu+2].[O-][Cl+3]([O-])([O-])[O-]. The molecular weight excluding hydrogens is 696 g/mol. The first kappa shape index (κ1) is 36.7. The maximum Gasteiger partial charge on any atom is 2.00 e. The summed E-state index contributed by atoms with van der Waals surface area (Å²) in [5.41, 5.74) is 7.00. The molecule has 0 amide bonds. The topological polar surface area (TPSA) is 170 Å². The fraction of sp³-hybridized carbons (Fsp3) is 0.0625. The third-order valence-electron chi connectivity index (χ3n) is 5.78. The van der Waals surface area contributed by atoms with Gasteiger partial charge in [-0.05, 0) is 85.3 Å². The largest absolute Gasteiger partial charge is 2.00 e. The molecule has 0 spiro atoms. The van der Waals surface area contributed by atoms with Crippen LogP contribution in [0.5, 0.6) is 0 Å². The van der Waals surface area contributed by atoms with Crippen molar-refractivity contribution >= 4 is 23.5 Å². The fourth-order valence-electron chi connectivity index (χ4n) is 3.83. The van der Waals surface area contributed by atoms with Gasteiger partial charge >= 0.3 is 17.1 Å². The molecule has 0 aliphatic rings. The van der Waals surface area contributed by atoms with Crippen molar-refractivity contribution in [1.29, 1.82) is 0 Å². The Morgan fingerprint density at radius 2 is 0.674 bits per heavy atom. The summed E-state index contributed by atoms with van der Waals surface area (Å²) in [6.07, 6.45) is 11.2. The number of halogens is 1. The van der Waals surface area contributed by atoms with Gasteiger partial charge in [0.15, 0.2) is 0 Å². The van der Waals surface area contributed by atoms with Gasteiger partial charge in [-0.1, -0.05) is 24.3 Å². The second-order valence-electron chi connectivity index (χ2n) is 8.79. The summed E-state index contributed by atoms with van der Waals surface area (Å²) in [6, 6.07) is 31.6. The number of nitrogens with zero attached hydrogens (tertiary/aromatic N) is 6. The van der Waals surface area contributed by atoms with Crippen LogP contribution in [0.2, 0.25) is 0 Å². The predicted octanol–water partition coefficient (Wildman–Crippen LogP) is 3.10. The van der Waals surface area contributed by atoms with Gasteiger partial charge in [0, 0.05) is 34.6 Å². The van der Waals surface area contributed by atoms with Crippen molar-refractivity contribution in [3.8, 4) is 45.6 Å². The van der Waals surface area contributed by atoms with E-state index in [0.29, 0.717) is 0 Å². The third kappa shape index (κ3) is 11.9. The second kappa shape index (κ2) is 18.4. The summed E-state index contributed by atoms with van der Waals surface area (Å²) < 4.78 is 34.0. The van der Waals surface area contributed by atoms with Crippen LogP contribution in [0.15, 0.2) is 132 Å². The van der Waals surface area contributed by atoms with E-state index in [0.717, 1.165) is 55.3 Å². The minimum atomic E-state index is -4.94. The minimum absolute atomic E-state index is 0. The van der Waals surface area contributed by atoms with Gasteiger partial charge in [0.05, 0.1) is 45.6 Å². The molecule has 0 fully saturated rings. The van der Waals surface area contributed by atoms with E-state index in [-0.39, 0.29) is 17.1 Å². The molecule has 0 aliphatic carbocycles. The Hall–Kier alpha value is -3.75. The van der Waals surface area contributed by atoms with E-state index in [1.54, 1.807) is 48.3 Å². The van der Waals surface area contributed by atoms with Gasteiger partial charge in [0.25, 0.3) is 0 Å². The van der Waals surface area contributed by atoms with Crippen molar-refractivity contribution in [2.45, 2.75) is 9.79 Å². The first-order chi connectivity index (χ1) is 21.7. The first-order valence-electron chi connectivity index (χ1n) is 13.1. The van der Waals surface area contributed by atoms with E-state index >= 15 is 0 Å². The number of hydrogen-bond acceptors (Lipinski definition) is 12. The Balaban J connectivity index is 0.000000215. The Morgan fingerprint density at radius 1 is 0.435 bits per heavy atom.